The molecule has 4 rings (SSSR count). The summed E-state index contributed by atoms with van der Waals surface area (Å²) in [5.41, 5.74) is 2.88. The molecule has 1 heterocycles. The Bertz CT molecular complexity index is 1140. The lowest BCUT2D eigenvalue weighted by molar-refractivity contribution is -0.122. The number of amides is 1. The van der Waals surface area contributed by atoms with Crippen molar-refractivity contribution in [3.8, 4) is 23.0 Å². The van der Waals surface area contributed by atoms with E-state index in [1.54, 1.807) is 26.4 Å². The molecule has 1 aliphatic carbocycles. The van der Waals surface area contributed by atoms with Gasteiger partial charge in [-0.05, 0) is 65.2 Å². The molecule has 0 unspecified atom stereocenters. The number of carbonyl (C=O) groups is 2. The molecule has 0 saturated carbocycles. The first-order chi connectivity index (χ1) is 15.9. The Balaban J connectivity index is 1.75. The van der Waals surface area contributed by atoms with Gasteiger partial charge in [-0.2, -0.15) is 0 Å². The maximum Gasteiger partial charge on any atom is 0.225 e. The SMILES string of the molecule is CCOc1cc([C@@H]2CC(=O)NC3=C2C(=O)C[C@H](c2cc(OC)ccc2OC)C3)cc(Br)c1O. The number of rotatable bonds is 6. The van der Waals surface area contributed by atoms with Crippen LogP contribution >= 0.6 is 15.9 Å². The van der Waals surface area contributed by atoms with E-state index in [-0.39, 0.29) is 29.8 Å². The van der Waals surface area contributed by atoms with Crippen molar-refractivity contribution in [3.05, 3.63) is 57.2 Å². The van der Waals surface area contributed by atoms with Crippen LogP contribution in [0.5, 0.6) is 23.0 Å². The Morgan fingerprint density at radius 1 is 1.06 bits per heavy atom. The molecule has 1 aliphatic heterocycles. The van der Waals surface area contributed by atoms with E-state index in [9.17, 15) is 14.7 Å². The minimum Gasteiger partial charge on any atom is -0.503 e. The van der Waals surface area contributed by atoms with Crippen molar-refractivity contribution in [1.82, 2.24) is 5.32 Å². The molecule has 0 saturated heterocycles. The number of allylic oxidation sites excluding steroid dienone is 2. The molecule has 0 radical (unpaired) electrons. The van der Waals surface area contributed by atoms with Gasteiger partial charge in [-0.25, -0.2) is 0 Å². The second-order valence-corrected chi connectivity index (χ2v) is 8.97. The Morgan fingerprint density at radius 3 is 2.55 bits per heavy atom. The highest BCUT2D eigenvalue weighted by Crippen LogP contribution is 2.47. The van der Waals surface area contributed by atoms with Crippen molar-refractivity contribution >= 4 is 27.6 Å². The van der Waals surface area contributed by atoms with Crippen LogP contribution in [-0.2, 0) is 9.59 Å². The van der Waals surface area contributed by atoms with Crippen LogP contribution in [0.4, 0.5) is 0 Å². The Morgan fingerprint density at radius 2 is 1.85 bits per heavy atom. The van der Waals surface area contributed by atoms with E-state index in [2.05, 4.69) is 21.2 Å². The normalized spacial score (nSPS) is 20.2. The van der Waals surface area contributed by atoms with Crippen LogP contribution < -0.4 is 19.5 Å². The van der Waals surface area contributed by atoms with Crippen LogP contribution in [0, 0.1) is 0 Å². The number of carbonyl (C=O) groups excluding carboxylic acids is 2. The molecule has 2 aromatic rings. The van der Waals surface area contributed by atoms with Gasteiger partial charge in [0, 0.05) is 41.5 Å². The van der Waals surface area contributed by atoms with Gasteiger partial charge >= 0.3 is 0 Å². The number of phenols is 1. The third kappa shape index (κ3) is 4.44. The number of hydrogen-bond acceptors (Lipinski definition) is 6. The number of methoxy groups -OCH3 is 2. The van der Waals surface area contributed by atoms with Gasteiger partial charge < -0.3 is 24.6 Å². The fourth-order valence-electron chi connectivity index (χ4n) is 4.68. The molecule has 0 aromatic heterocycles. The number of Topliss-reactive ketones (excluding diaryl/α,β-unsaturated/α-hetero) is 1. The number of phenolic OH excluding ortho intramolecular Hbond substituents is 1. The summed E-state index contributed by atoms with van der Waals surface area (Å²) >= 11 is 3.36. The lowest BCUT2D eigenvalue weighted by Gasteiger charge is -2.35. The monoisotopic (exact) mass is 515 g/mol. The minimum absolute atomic E-state index is 0.00443. The number of nitrogens with one attached hydrogen (secondary N) is 1. The molecular formula is C25H26BrNO6. The molecule has 2 aromatic carbocycles. The molecule has 2 aliphatic rings. The number of hydrogen-bond donors (Lipinski definition) is 2. The topological polar surface area (TPSA) is 94.1 Å². The van der Waals surface area contributed by atoms with Crippen molar-refractivity contribution in [2.45, 2.75) is 38.0 Å². The smallest absolute Gasteiger partial charge is 0.225 e. The van der Waals surface area contributed by atoms with E-state index in [1.807, 2.05) is 25.1 Å². The zero-order chi connectivity index (χ0) is 23.7. The van der Waals surface area contributed by atoms with E-state index in [0.717, 1.165) is 11.1 Å². The second-order valence-electron chi connectivity index (χ2n) is 8.12. The number of halogens is 1. The molecule has 2 atom stereocenters. The third-order valence-electron chi connectivity index (χ3n) is 6.17. The summed E-state index contributed by atoms with van der Waals surface area (Å²) in [6, 6.07) is 8.98. The Labute approximate surface area is 200 Å². The van der Waals surface area contributed by atoms with E-state index in [1.165, 1.54) is 0 Å². The summed E-state index contributed by atoms with van der Waals surface area (Å²) in [7, 11) is 3.19. The average molecular weight is 516 g/mol. The molecule has 7 nitrogen and oxygen atoms in total. The van der Waals surface area contributed by atoms with Crippen LogP contribution in [0.2, 0.25) is 0 Å². The first-order valence-electron chi connectivity index (χ1n) is 10.8. The largest absolute Gasteiger partial charge is 0.503 e. The molecule has 0 fully saturated rings. The van der Waals surface area contributed by atoms with Gasteiger partial charge in [0.25, 0.3) is 0 Å². The van der Waals surface area contributed by atoms with Crippen molar-refractivity contribution < 1.29 is 28.9 Å². The summed E-state index contributed by atoms with van der Waals surface area (Å²) in [6.45, 7) is 2.21. The lowest BCUT2D eigenvalue weighted by atomic mass is 9.73. The molecular weight excluding hydrogens is 490 g/mol. The second kappa shape index (κ2) is 9.47. The molecule has 33 heavy (non-hydrogen) atoms. The van der Waals surface area contributed by atoms with Gasteiger partial charge in [-0.1, -0.05) is 0 Å². The van der Waals surface area contributed by atoms with Gasteiger partial charge in [-0.15, -0.1) is 0 Å². The predicted molar refractivity (Wildman–Crippen MR) is 126 cm³/mol. The van der Waals surface area contributed by atoms with Gasteiger partial charge in [0.2, 0.25) is 5.91 Å². The molecule has 8 heteroatoms. The van der Waals surface area contributed by atoms with Crippen molar-refractivity contribution in [1.29, 1.82) is 0 Å². The zero-order valence-electron chi connectivity index (χ0n) is 18.7. The number of aromatic hydroxyl groups is 1. The predicted octanol–water partition coefficient (Wildman–Crippen LogP) is 4.57. The number of benzene rings is 2. The summed E-state index contributed by atoms with van der Waals surface area (Å²) in [6.07, 6.45) is 0.956. The first kappa shape index (κ1) is 23.2. The molecule has 1 amide bonds. The lowest BCUT2D eigenvalue weighted by Crippen LogP contribution is -2.38. The van der Waals surface area contributed by atoms with E-state index in [0.29, 0.717) is 52.4 Å². The quantitative estimate of drug-likeness (QED) is 0.584. The molecule has 174 valence electrons. The summed E-state index contributed by atoms with van der Waals surface area (Å²) in [4.78, 5) is 26.1. The van der Waals surface area contributed by atoms with Crippen LogP contribution in [0.1, 0.15) is 49.1 Å². The fraction of sp³-hybridized carbons (Fsp3) is 0.360. The van der Waals surface area contributed by atoms with Crippen LogP contribution in [-0.4, -0.2) is 37.6 Å². The summed E-state index contributed by atoms with van der Waals surface area (Å²) in [5, 5.41) is 13.2. The highest BCUT2D eigenvalue weighted by molar-refractivity contribution is 9.10. The van der Waals surface area contributed by atoms with Gasteiger partial charge in [0.1, 0.15) is 11.5 Å². The van der Waals surface area contributed by atoms with Crippen LogP contribution in [0.3, 0.4) is 0 Å². The minimum atomic E-state index is -0.412. The maximum absolute atomic E-state index is 13.4. The zero-order valence-corrected chi connectivity index (χ0v) is 20.3. The van der Waals surface area contributed by atoms with Crippen molar-refractivity contribution in [3.63, 3.8) is 0 Å². The van der Waals surface area contributed by atoms with Crippen LogP contribution in [0.15, 0.2) is 46.1 Å². The first-order valence-corrected chi connectivity index (χ1v) is 11.6. The van der Waals surface area contributed by atoms with E-state index < -0.39 is 5.92 Å². The van der Waals surface area contributed by atoms with E-state index >= 15 is 0 Å². The third-order valence-corrected chi connectivity index (χ3v) is 6.77. The Kier molecular flexibility index (Phi) is 6.65. The van der Waals surface area contributed by atoms with Gasteiger partial charge in [0.05, 0.1) is 25.3 Å². The highest BCUT2D eigenvalue weighted by Gasteiger charge is 2.39. The maximum atomic E-state index is 13.4. The van der Waals surface area contributed by atoms with Gasteiger partial charge in [0.15, 0.2) is 17.3 Å². The fourth-order valence-corrected chi connectivity index (χ4v) is 5.14. The highest BCUT2D eigenvalue weighted by atomic mass is 79.9. The van der Waals surface area contributed by atoms with Crippen LogP contribution in [0.25, 0.3) is 0 Å². The number of ether oxygens (including phenoxy) is 3. The molecule has 2 N–H and O–H groups in total. The molecule has 0 spiro atoms. The summed E-state index contributed by atoms with van der Waals surface area (Å²) < 4.78 is 16.9. The number of ketones is 1. The summed E-state index contributed by atoms with van der Waals surface area (Å²) in [5.74, 6) is 0.954. The van der Waals surface area contributed by atoms with Gasteiger partial charge in [-0.3, -0.25) is 9.59 Å². The Hall–Kier alpha value is -3.00. The van der Waals surface area contributed by atoms with E-state index in [4.69, 9.17) is 14.2 Å². The average Bonchev–Trinajstić information content (AvgIpc) is 2.80. The standard InChI is InChI=1S/C25H26BrNO6/c1-4-33-22-10-13(7-18(26)25(22)30)17-12-23(29)27-19-8-14(9-20(28)24(17)19)16-11-15(31-2)5-6-21(16)32-3/h5-7,10-11,14,17,30H,4,8-9,12H2,1-3H3,(H,27,29)/t14-,17+/m1/s1. The van der Waals surface area contributed by atoms with Crippen molar-refractivity contribution in [2.75, 3.05) is 20.8 Å². The molecule has 0 bridgehead atoms. The van der Waals surface area contributed by atoms with Crippen molar-refractivity contribution in [2.24, 2.45) is 0 Å².